The largest absolute Gasteiger partial charge is 0.261 e. The molecule has 2 heteroatoms. The molecule has 0 spiro atoms. The maximum atomic E-state index is 5.08. The third-order valence-electron chi connectivity index (χ3n) is 12.4. The molecule has 0 amide bonds. The van der Waals surface area contributed by atoms with Crippen LogP contribution in [0.1, 0.15) is 66.6 Å². The van der Waals surface area contributed by atoms with E-state index >= 15 is 0 Å². The number of rotatable bonds is 5. The summed E-state index contributed by atoms with van der Waals surface area (Å²) < 4.78 is 0. The molecule has 2 nitrogen and oxygen atoms in total. The number of pyridine rings is 1. The van der Waals surface area contributed by atoms with Crippen molar-refractivity contribution in [2.75, 3.05) is 0 Å². The molecule has 8 aromatic rings. The summed E-state index contributed by atoms with van der Waals surface area (Å²) in [6, 6.07) is 56.1. The Morgan fingerprint density at radius 1 is 0.519 bits per heavy atom. The molecule has 1 heterocycles. The van der Waals surface area contributed by atoms with Crippen molar-refractivity contribution >= 4 is 27.3 Å². The van der Waals surface area contributed by atoms with Gasteiger partial charge in [-0.25, -0.2) is 0 Å². The highest BCUT2D eigenvalue weighted by Gasteiger charge is 2.43. The number of allylic oxidation sites excluding steroid dienone is 1. The zero-order valence-electron chi connectivity index (χ0n) is 31.1. The molecule has 54 heavy (non-hydrogen) atoms. The van der Waals surface area contributed by atoms with Gasteiger partial charge < -0.3 is 0 Å². The highest BCUT2D eigenvalue weighted by Crippen LogP contribution is 2.57. The standard InChI is InChI=1S/C52H40N2/c1-5-27-53-33(2)49-40-29-38-36-22-12-14-24-44(36)52(4,35-20-10-7-11-21-35)47(38)32-43(40)50(48-26-16-17-28-54-48)41-30-39-37-23-13-15-25-45(37)51(3,46(39)31-42(41)49)34-18-8-6-9-19-34/h5-32H,1-4H3/b27-5-,53-33+. The molecule has 258 valence electrons. The van der Waals surface area contributed by atoms with E-state index in [9.17, 15) is 0 Å². The second kappa shape index (κ2) is 12.1. The molecule has 0 fully saturated rings. The lowest BCUT2D eigenvalue weighted by atomic mass is 9.72. The van der Waals surface area contributed by atoms with E-state index in [4.69, 9.17) is 9.98 Å². The summed E-state index contributed by atoms with van der Waals surface area (Å²) >= 11 is 0. The first-order chi connectivity index (χ1) is 26.4. The second-order valence-electron chi connectivity index (χ2n) is 15.1. The van der Waals surface area contributed by atoms with Crippen molar-refractivity contribution in [3.8, 4) is 33.5 Å². The Balaban J connectivity index is 1.41. The van der Waals surface area contributed by atoms with Crippen LogP contribution >= 0.6 is 0 Å². The zero-order valence-corrected chi connectivity index (χ0v) is 31.1. The van der Waals surface area contributed by atoms with Gasteiger partial charge in [0.25, 0.3) is 0 Å². The van der Waals surface area contributed by atoms with E-state index in [1.165, 1.54) is 82.7 Å². The van der Waals surface area contributed by atoms with E-state index in [0.29, 0.717) is 0 Å². The molecule has 2 aliphatic rings. The van der Waals surface area contributed by atoms with Crippen LogP contribution in [-0.2, 0) is 10.8 Å². The quantitative estimate of drug-likeness (QED) is 0.130. The van der Waals surface area contributed by atoms with Crippen LogP contribution in [0.2, 0.25) is 0 Å². The zero-order chi connectivity index (χ0) is 36.6. The topological polar surface area (TPSA) is 25.2 Å². The van der Waals surface area contributed by atoms with E-state index in [1.807, 2.05) is 31.5 Å². The number of fused-ring (bicyclic) bond motifs is 8. The minimum atomic E-state index is -0.333. The number of aromatic nitrogens is 1. The fraction of sp³-hybridized carbons (Fsp3) is 0.115. The third kappa shape index (κ3) is 4.40. The molecule has 2 unspecified atom stereocenters. The van der Waals surface area contributed by atoms with Gasteiger partial charge >= 0.3 is 0 Å². The fourth-order valence-corrected chi connectivity index (χ4v) is 9.78. The number of nitrogens with zero attached hydrogens (tertiary/aromatic N) is 2. The highest BCUT2D eigenvalue weighted by molar-refractivity contribution is 6.27. The van der Waals surface area contributed by atoms with Crippen LogP contribution in [0.4, 0.5) is 0 Å². The minimum Gasteiger partial charge on any atom is -0.261 e. The van der Waals surface area contributed by atoms with Gasteiger partial charge in [-0.1, -0.05) is 121 Å². The van der Waals surface area contributed by atoms with Crippen molar-refractivity contribution < 1.29 is 0 Å². The molecule has 0 radical (unpaired) electrons. The van der Waals surface area contributed by atoms with Crippen LogP contribution in [0.5, 0.6) is 0 Å². The monoisotopic (exact) mass is 692 g/mol. The average Bonchev–Trinajstić information content (AvgIpc) is 3.63. The Morgan fingerprint density at radius 3 is 1.56 bits per heavy atom. The van der Waals surface area contributed by atoms with Crippen LogP contribution in [0.3, 0.4) is 0 Å². The summed E-state index contributed by atoms with van der Waals surface area (Å²) in [4.78, 5) is 10.2. The van der Waals surface area contributed by atoms with Crippen LogP contribution in [0.25, 0.3) is 55.1 Å². The van der Waals surface area contributed by atoms with Crippen LogP contribution < -0.4 is 0 Å². The van der Waals surface area contributed by atoms with E-state index in [2.05, 4.69) is 166 Å². The van der Waals surface area contributed by atoms with Crippen molar-refractivity contribution in [3.63, 3.8) is 0 Å². The molecule has 0 saturated carbocycles. The van der Waals surface area contributed by atoms with Crippen molar-refractivity contribution in [3.05, 3.63) is 209 Å². The fourth-order valence-electron chi connectivity index (χ4n) is 9.78. The van der Waals surface area contributed by atoms with Gasteiger partial charge in [0.15, 0.2) is 0 Å². The molecule has 0 N–H and O–H groups in total. The van der Waals surface area contributed by atoms with Crippen molar-refractivity contribution in [2.24, 2.45) is 4.99 Å². The van der Waals surface area contributed by atoms with Crippen molar-refractivity contribution in [2.45, 2.75) is 38.5 Å². The molecule has 2 atom stereocenters. The number of hydrogen-bond donors (Lipinski definition) is 0. The minimum absolute atomic E-state index is 0.332. The maximum Gasteiger partial charge on any atom is 0.0714 e. The molecule has 2 aliphatic carbocycles. The first kappa shape index (κ1) is 32.3. The smallest absolute Gasteiger partial charge is 0.0714 e. The molecule has 0 saturated heterocycles. The van der Waals surface area contributed by atoms with Crippen LogP contribution in [0, 0.1) is 0 Å². The lowest BCUT2D eigenvalue weighted by Gasteiger charge is -2.30. The Kier molecular flexibility index (Phi) is 7.22. The van der Waals surface area contributed by atoms with E-state index in [-0.39, 0.29) is 10.8 Å². The second-order valence-corrected chi connectivity index (χ2v) is 15.1. The normalized spacial score (nSPS) is 18.6. The predicted molar refractivity (Wildman–Crippen MR) is 227 cm³/mol. The van der Waals surface area contributed by atoms with E-state index < -0.39 is 0 Å². The van der Waals surface area contributed by atoms with Gasteiger partial charge in [0.2, 0.25) is 0 Å². The molecule has 0 bridgehead atoms. The van der Waals surface area contributed by atoms with Gasteiger partial charge in [0.05, 0.1) is 5.69 Å². The molecule has 10 rings (SSSR count). The molecular weight excluding hydrogens is 653 g/mol. The number of benzene rings is 7. The summed E-state index contributed by atoms with van der Waals surface area (Å²) in [5.41, 5.74) is 16.6. The first-order valence-electron chi connectivity index (χ1n) is 18.9. The first-order valence-corrected chi connectivity index (χ1v) is 18.9. The molecule has 7 aromatic carbocycles. The average molecular weight is 693 g/mol. The van der Waals surface area contributed by atoms with E-state index in [1.54, 1.807) is 0 Å². The Hall–Kier alpha value is -6.38. The van der Waals surface area contributed by atoms with Gasteiger partial charge in [0.1, 0.15) is 0 Å². The number of aliphatic imine (C=N–C) groups is 1. The number of hydrogen-bond acceptors (Lipinski definition) is 2. The van der Waals surface area contributed by atoms with E-state index in [0.717, 1.165) is 17.0 Å². The maximum absolute atomic E-state index is 5.08. The van der Waals surface area contributed by atoms with Crippen LogP contribution in [-0.4, -0.2) is 10.7 Å². The molecule has 0 aliphatic heterocycles. The summed E-state index contributed by atoms with van der Waals surface area (Å²) in [6.07, 6.45) is 5.86. The summed E-state index contributed by atoms with van der Waals surface area (Å²) in [5.74, 6) is 0. The highest BCUT2D eigenvalue weighted by atomic mass is 14.7. The van der Waals surface area contributed by atoms with Gasteiger partial charge in [-0.2, -0.15) is 0 Å². The Labute approximate surface area is 317 Å². The lowest BCUT2D eigenvalue weighted by Crippen LogP contribution is -2.22. The van der Waals surface area contributed by atoms with Crippen molar-refractivity contribution in [1.29, 1.82) is 0 Å². The van der Waals surface area contributed by atoms with Gasteiger partial charge in [-0.05, 0) is 141 Å². The SMILES string of the molecule is C/C=C\N=C(/C)c1c2cc3c(cc2c(-c2ccccn2)c2cc4c(cc12)-c1ccccc1C4(C)c1ccccc1)-c1ccccc1C3(C)c1ccccc1. The van der Waals surface area contributed by atoms with Gasteiger partial charge in [-0.15, -0.1) is 0 Å². The predicted octanol–water partition coefficient (Wildman–Crippen LogP) is 13.1. The van der Waals surface area contributed by atoms with Gasteiger partial charge in [0, 0.05) is 40.1 Å². The lowest BCUT2D eigenvalue weighted by molar-refractivity contribution is 0.714. The Morgan fingerprint density at radius 2 is 1.00 bits per heavy atom. The molecular formula is C52H40N2. The Bertz CT molecular complexity index is 2850. The summed E-state index contributed by atoms with van der Waals surface area (Å²) in [5, 5.41) is 4.77. The van der Waals surface area contributed by atoms with Crippen molar-refractivity contribution in [1.82, 2.24) is 4.98 Å². The third-order valence-corrected chi connectivity index (χ3v) is 12.4. The van der Waals surface area contributed by atoms with Gasteiger partial charge in [-0.3, -0.25) is 9.98 Å². The molecule has 1 aromatic heterocycles. The summed E-state index contributed by atoms with van der Waals surface area (Å²) in [7, 11) is 0. The van der Waals surface area contributed by atoms with Crippen LogP contribution in [0.15, 0.2) is 175 Å². The summed E-state index contributed by atoms with van der Waals surface area (Å²) in [6.45, 7) is 8.99.